The van der Waals surface area contributed by atoms with Crippen molar-refractivity contribution in [2.45, 2.75) is 101 Å². The lowest BCUT2D eigenvalue weighted by molar-refractivity contribution is -0.142. The van der Waals surface area contributed by atoms with Crippen molar-refractivity contribution in [2.24, 2.45) is 11.5 Å². The first kappa shape index (κ1) is 50.1. The van der Waals surface area contributed by atoms with Gasteiger partial charge in [0.25, 0.3) is 0 Å². The highest BCUT2D eigenvalue weighted by Gasteiger charge is 2.40. The molecule has 7 aromatic rings. The van der Waals surface area contributed by atoms with E-state index in [-0.39, 0.29) is 45.1 Å². The second kappa shape index (κ2) is 23.1. The number of aromatic amines is 4. The lowest BCUT2D eigenvalue weighted by atomic mass is 10.0. The van der Waals surface area contributed by atoms with Crippen LogP contribution < -0.4 is 38.1 Å². The van der Waals surface area contributed by atoms with Gasteiger partial charge in [-0.15, -0.1) is 0 Å². The molecule has 0 radical (unpaired) electrons. The summed E-state index contributed by atoms with van der Waals surface area (Å²) in [5.41, 5.74) is 17.0. The monoisotopic (exact) mass is 979 g/mol. The highest BCUT2D eigenvalue weighted by Crippen LogP contribution is 2.25. The number of primary amides is 1. The Labute approximate surface area is 414 Å². The zero-order chi connectivity index (χ0) is 50.7. The van der Waals surface area contributed by atoms with Gasteiger partial charge in [0.2, 0.25) is 41.4 Å². The third kappa shape index (κ3) is 12.0. The van der Waals surface area contributed by atoms with Crippen LogP contribution in [-0.2, 0) is 59.2 Å². The number of H-pyrrole nitrogens is 4. The fourth-order valence-electron chi connectivity index (χ4n) is 9.61. The number of para-hydroxylation sites is 3. The minimum absolute atomic E-state index is 0.0216. The number of amides is 7. The number of aromatic nitrogens is 5. The van der Waals surface area contributed by atoms with Crippen LogP contribution in [0.15, 0.2) is 104 Å². The number of hydrogen-bond donors (Lipinski definition) is 11. The largest absolute Gasteiger partial charge is 0.368 e. The molecule has 4 aromatic heterocycles. The van der Waals surface area contributed by atoms with E-state index in [1.54, 1.807) is 18.6 Å². The number of imidazole rings is 1. The second-order valence-corrected chi connectivity index (χ2v) is 18.3. The van der Waals surface area contributed by atoms with E-state index in [2.05, 4.69) is 51.5 Å². The van der Waals surface area contributed by atoms with Crippen LogP contribution in [-0.4, -0.2) is 121 Å². The van der Waals surface area contributed by atoms with Gasteiger partial charge >= 0.3 is 0 Å². The SMILES string of the molecule is CC(=O)N[C@@H](Cc1cnc[nH]1)C(=O)N[C@@H](CCCCN)C(=O)N[C@@H](Cc1c[nH]c2ccccc12)C(=O)N1CCC[C@H]1C(=O)N[C@@H](Cc1c[nH]c2ccccc12)C(=O)N[C@@H](Cc1c[nH]c2ccccc12)C(N)=O. The number of nitrogens with zero attached hydrogens (tertiary/aromatic N) is 2. The smallest absolute Gasteiger partial charge is 0.246 e. The predicted octanol–water partition coefficient (Wildman–Crippen LogP) is 2.17. The van der Waals surface area contributed by atoms with Gasteiger partial charge in [0.1, 0.15) is 36.3 Å². The number of fused-ring (bicyclic) bond motifs is 3. The van der Waals surface area contributed by atoms with E-state index >= 15 is 4.79 Å². The Balaban J connectivity index is 1.05. The average Bonchev–Trinajstić information content (AvgIpc) is 4.25. The molecular formula is C52H61N13O7. The first-order chi connectivity index (χ1) is 34.9. The van der Waals surface area contributed by atoms with E-state index in [9.17, 15) is 28.8 Å². The summed E-state index contributed by atoms with van der Waals surface area (Å²) >= 11 is 0. The molecule has 1 aliphatic heterocycles. The third-order valence-electron chi connectivity index (χ3n) is 13.3. The molecule has 1 saturated heterocycles. The van der Waals surface area contributed by atoms with Crippen molar-refractivity contribution in [1.29, 1.82) is 0 Å². The molecule has 1 aliphatic rings. The molecule has 0 spiro atoms. The summed E-state index contributed by atoms with van der Waals surface area (Å²) in [6.07, 6.45) is 10.4. The highest BCUT2D eigenvalue weighted by molar-refractivity contribution is 5.98. The summed E-state index contributed by atoms with van der Waals surface area (Å²) in [4.78, 5) is 116. The molecule has 20 nitrogen and oxygen atoms in total. The predicted molar refractivity (Wildman–Crippen MR) is 270 cm³/mol. The van der Waals surface area contributed by atoms with Gasteiger partial charge < -0.3 is 62.9 Å². The summed E-state index contributed by atoms with van der Waals surface area (Å²) in [6, 6.07) is 15.8. The summed E-state index contributed by atoms with van der Waals surface area (Å²) in [5.74, 6) is -4.26. The number of hydrogen-bond acceptors (Lipinski definition) is 9. The van der Waals surface area contributed by atoms with Gasteiger partial charge in [0.15, 0.2) is 0 Å². The molecule has 6 atom stereocenters. The van der Waals surface area contributed by atoms with Crippen molar-refractivity contribution in [2.75, 3.05) is 13.1 Å². The van der Waals surface area contributed by atoms with E-state index in [4.69, 9.17) is 11.5 Å². The van der Waals surface area contributed by atoms with Gasteiger partial charge in [-0.3, -0.25) is 33.6 Å². The van der Waals surface area contributed by atoms with Crippen LogP contribution in [0.2, 0.25) is 0 Å². The molecule has 13 N–H and O–H groups in total. The maximum atomic E-state index is 15.1. The summed E-state index contributed by atoms with van der Waals surface area (Å²) in [7, 11) is 0. The molecule has 5 heterocycles. The Bertz CT molecular complexity index is 3050. The summed E-state index contributed by atoms with van der Waals surface area (Å²) in [6.45, 7) is 1.81. The van der Waals surface area contributed by atoms with Gasteiger partial charge in [-0.25, -0.2) is 4.98 Å². The lowest BCUT2D eigenvalue weighted by Gasteiger charge is -2.31. The Morgan fingerprint density at radius 3 is 1.65 bits per heavy atom. The molecule has 376 valence electrons. The first-order valence-corrected chi connectivity index (χ1v) is 24.3. The quantitative estimate of drug-likeness (QED) is 0.0418. The number of unbranched alkanes of at least 4 members (excludes halogenated alkanes) is 1. The van der Waals surface area contributed by atoms with E-state index in [0.717, 1.165) is 49.4 Å². The van der Waals surface area contributed by atoms with E-state index in [1.165, 1.54) is 24.3 Å². The van der Waals surface area contributed by atoms with Crippen LogP contribution in [0.4, 0.5) is 0 Å². The first-order valence-electron chi connectivity index (χ1n) is 24.3. The Morgan fingerprint density at radius 1 is 0.625 bits per heavy atom. The Morgan fingerprint density at radius 2 is 1.12 bits per heavy atom. The normalized spacial score (nSPS) is 15.6. The molecule has 20 heteroatoms. The molecule has 0 saturated carbocycles. The van der Waals surface area contributed by atoms with E-state index in [1.807, 2.05) is 72.8 Å². The number of nitrogens with two attached hydrogens (primary N) is 2. The molecule has 0 aliphatic carbocycles. The topological polar surface area (TPSA) is 311 Å². The highest BCUT2D eigenvalue weighted by atomic mass is 16.2. The fraction of sp³-hybridized carbons (Fsp3) is 0.346. The number of carbonyl (C=O) groups is 7. The Kier molecular flexibility index (Phi) is 16.1. The molecule has 72 heavy (non-hydrogen) atoms. The Hall–Kier alpha value is -8.26. The van der Waals surface area contributed by atoms with Gasteiger partial charge in [-0.1, -0.05) is 54.6 Å². The van der Waals surface area contributed by atoms with Crippen molar-refractivity contribution in [1.82, 2.24) is 56.4 Å². The van der Waals surface area contributed by atoms with E-state index in [0.29, 0.717) is 31.5 Å². The van der Waals surface area contributed by atoms with Crippen LogP contribution in [0, 0.1) is 0 Å². The van der Waals surface area contributed by atoms with Crippen molar-refractivity contribution in [3.63, 3.8) is 0 Å². The molecule has 3 aromatic carbocycles. The molecule has 8 rings (SSSR count). The minimum atomic E-state index is -1.22. The summed E-state index contributed by atoms with van der Waals surface area (Å²) in [5, 5.41) is 16.7. The van der Waals surface area contributed by atoms with Crippen molar-refractivity contribution in [3.8, 4) is 0 Å². The average molecular weight is 980 g/mol. The van der Waals surface area contributed by atoms with Crippen LogP contribution in [0.5, 0.6) is 0 Å². The minimum Gasteiger partial charge on any atom is -0.368 e. The van der Waals surface area contributed by atoms with Gasteiger partial charge in [0, 0.05) is 102 Å². The molecule has 0 unspecified atom stereocenters. The van der Waals surface area contributed by atoms with Crippen LogP contribution >= 0.6 is 0 Å². The van der Waals surface area contributed by atoms with Crippen molar-refractivity contribution < 1.29 is 33.6 Å². The maximum absolute atomic E-state index is 15.1. The van der Waals surface area contributed by atoms with Crippen molar-refractivity contribution in [3.05, 3.63) is 126 Å². The molecular weight excluding hydrogens is 919 g/mol. The third-order valence-corrected chi connectivity index (χ3v) is 13.3. The van der Waals surface area contributed by atoms with Crippen molar-refractivity contribution >= 4 is 74.1 Å². The number of rotatable bonds is 23. The summed E-state index contributed by atoms with van der Waals surface area (Å²) < 4.78 is 0. The van der Waals surface area contributed by atoms with Gasteiger partial charge in [-0.2, -0.15) is 0 Å². The van der Waals surface area contributed by atoms with Crippen LogP contribution in [0.1, 0.15) is 61.4 Å². The van der Waals surface area contributed by atoms with Crippen LogP contribution in [0.25, 0.3) is 32.7 Å². The number of nitrogens with one attached hydrogen (secondary N) is 9. The standard InChI is InChI=1S/C52H61N13O7/c1-30(66)60-44(24-34-28-55-29-59-34)50(70)61-41(17-8-9-19-53)48(68)64-45(23-33-27-58-40-16-7-4-13-37(33)40)52(72)65-20-10-18-46(65)51(71)63-43(22-32-26-57-39-15-6-3-12-36(32)39)49(69)62-42(47(54)67)21-31-25-56-38-14-5-2-11-35(31)38/h2-7,11-16,25-29,41-46,56-58H,8-10,17-24,53H2,1H3,(H2,54,67)(H,55,59)(H,60,66)(H,61,70)(H,62,69)(H,63,71)(H,64,68)/t41-,42-,43-,44-,45-,46-/m0/s1. The zero-order valence-electron chi connectivity index (χ0n) is 40.0. The second-order valence-electron chi connectivity index (χ2n) is 18.3. The lowest BCUT2D eigenvalue weighted by Crippen LogP contribution is -2.60. The maximum Gasteiger partial charge on any atom is 0.246 e. The molecule has 1 fully saturated rings. The fourth-order valence-corrected chi connectivity index (χ4v) is 9.61. The van der Waals surface area contributed by atoms with Gasteiger partial charge in [-0.05, 0) is 73.5 Å². The number of benzene rings is 3. The van der Waals surface area contributed by atoms with E-state index < -0.39 is 77.6 Å². The van der Waals surface area contributed by atoms with Crippen LogP contribution in [0.3, 0.4) is 0 Å². The number of likely N-dealkylation sites (tertiary alicyclic amines) is 1. The van der Waals surface area contributed by atoms with Gasteiger partial charge in [0.05, 0.1) is 6.33 Å². The number of carbonyl (C=O) groups excluding carboxylic acids is 7. The zero-order valence-corrected chi connectivity index (χ0v) is 40.0. The molecule has 0 bridgehead atoms. The molecule has 7 amide bonds.